The van der Waals surface area contributed by atoms with Crippen molar-refractivity contribution in [1.82, 2.24) is 9.80 Å². The van der Waals surface area contributed by atoms with Crippen molar-refractivity contribution in [3.8, 4) is 11.5 Å². The number of carbonyl (C=O) groups excluding carboxylic acids is 2. The Hall–Kier alpha value is -2.68. The summed E-state index contributed by atoms with van der Waals surface area (Å²) in [6.07, 6.45) is 0.655. The molecule has 9 nitrogen and oxygen atoms in total. The zero-order valence-corrected chi connectivity index (χ0v) is 17.8. The fraction of sp³-hybridized carbons (Fsp3) is 0.619. The molecule has 2 aliphatic heterocycles. The van der Waals surface area contributed by atoms with Gasteiger partial charge >= 0.3 is 12.2 Å². The van der Waals surface area contributed by atoms with Crippen LogP contribution >= 0.6 is 0 Å². The molecule has 1 unspecified atom stereocenters. The van der Waals surface area contributed by atoms with Crippen LogP contribution in [0.1, 0.15) is 32.3 Å². The smallest absolute Gasteiger partial charge is 0.454 e. The van der Waals surface area contributed by atoms with Crippen molar-refractivity contribution in [2.45, 2.75) is 45.3 Å². The average Bonchev–Trinajstić information content (AvgIpc) is 3.18. The first kappa shape index (κ1) is 22.0. The minimum atomic E-state index is -0.811. The number of likely N-dealkylation sites (N-methyl/N-ethyl adjacent to an activating group) is 1. The predicted octanol–water partition coefficient (Wildman–Crippen LogP) is 3.01. The fourth-order valence-corrected chi connectivity index (χ4v) is 3.62. The van der Waals surface area contributed by atoms with Gasteiger partial charge in [-0.05, 0) is 57.9 Å². The molecule has 1 saturated heterocycles. The molecule has 0 radical (unpaired) electrons. The molecule has 2 aliphatic rings. The third kappa shape index (κ3) is 5.91. The lowest BCUT2D eigenvalue weighted by atomic mass is 10.1. The Morgan fingerprint density at radius 3 is 2.67 bits per heavy atom. The maximum atomic E-state index is 12.4. The topological polar surface area (TPSA) is 86.8 Å². The van der Waals surface area contributed by atoms with Gasteiger partial charge in [0.15, 0.2) is 11.5 Å². The lowest BCUT2D eigenvalue weighted by Crippen LogP contribution is -2.40. The second-order valence-electron chi connectivity index (χ2n) is 7.57. The van der Waals surface area contributed by atoms with Gasteiger partial charge in [0.05, 0.1) is 0 Å². The van der Waals surface area contributed by atoms with E-state index in [2.05, 4.69) is 4.90 Å². The molecule has 30 heavy (non-hydrogen) atoms. The number of piperidine rings is 1. The molecule has 1 fully saturated rings. The Bertz CT molecular complexity index is 734. The van der Waals surface area contributed by atoms with Gasteiger partial charge in [0, 0.05) is 25.7 Å². The van der Waals surface area contributed by atoms with Gasteiger partial charge < -0.3 is 33.5 Å². The largest absolute Gasteiger partial charge is 0.511 e. The summed E-state index contributed by atoms with van der Waals surface area (Å²) in [4.78, 5) is 28.0. The van der Waals surface area contributed by atoms with E-state index in [1.54, 1.807) is 4.90 Å². The highest BCUT2D eigenvalue weighted by atomic mass is 16.8. The highest BCUT2D eigenvalue weighted by molar-refractivity contribution is 5.68. The Morgan fingerprint density at radius 2 is 1.93 bits per heavy atom. The summed E-state index contributed by atoms with van der Waals surface area (Å²) >= 11 is 0. The van der Waals surface area contributed by atoms with Gasteiger partial charge in [0.2, 0.25) is 13.6 Å². The molecule has 1 aromatic rings. The number of carbonyl (C=O) groups is 2. The molecule has 0 aromatic heterocycles. The molecule has 0 aliphatic carbocycles. The molecule has 9 heteroatoms. The predicted molar refractivity (Wildman–Crippen MR) is 108 cm³/mol. The number of fused-ring (bicyclic) bond motifs is 1. The average molecular weight is 422 g/mol. The van der Waals surface area contributed by atoms with Crippen molar-refractivity contribution in [1.29, 1.82) is 0 Å². The van der Waals surface area contributed by atoms with Gasteiger partial charge in [-0.3, -0.25) is 0 Å². The summed E-state index contributed by atoms with van der Waals surface area (Å²) in [5.74, 6) is 1.43. The van der Waals surface area contributed by atoms with Crippen LogP contribution in [0, 0.1) is 0 Å². The Labute approximate surface area is 176 Å². The van der Waals surface area contributed by atoms with Crippen LogP contribution in [0.25, 0.3) is 0 Å². The molecular formula is C21H30N2O7. The Balaban J connectivity index is 1.41. The molecule has 0 saturated carbocycles. The first-order valence-electron chi connectivity index (χ1n) is 10.3. The number of nitrogens with zero attached hydrogens (tertiary/aromatic N) is 2. The molecule has 1 amide bonds. The van der Waals surface area contributed by atoms with Crippen LogP contribution in [0.2, 0.25) is 0 Å². The van der Waals surface area contributed by atoms with Gasteiger partial charge in [0.25, 0.3) is 0 Å². The van der Waals surface area contributed by atoms with Crippen molar-refractivity contribution in [2.75, 3.05) is 40.3 Å². The summed E-state index contributed by atoms with van der Waals surface area (Å²) in [6.45, 7) is 5.76. The van der Waals surface area contributed by atoms with Gasteiger partial charge in [-0.2, -0.15) is 0 Å². The Kier molecular flexibility index (Phi) is 7.62. The summed E-state index contributed by atoms with van der Waals surface area (Å²) in [6, 6.07) is 5.61. The van der Waals surface area contributed by atoms with E-state index in [1.807, 2.05) is 39.1 Å². The van der Waals surface area contributed by atoms with Crippen LogP contribution in [0.15, 0.2) is 18.2 Å². The fourth-order valence-electron chi connectivity index (χ4n) is 3.62. The van der Waals surface area contributed by atoms with E-state index in [1.165, 1.54) is 0 Å². The monoisotopic (exact) mass is 422 g/mol. The molecule has 0 spiro atoms. The molecule has 2 heterocycles. The number of amides is 1. The SMILES string of the molecule is CCN(C(=O)OCOC(=O)OC1CCN(C)CC1)C(C)Cc1ccc2c(c1)OCO2. The van der Waals surface area contributed by atoms with Crippen LogP contribution in [-0.4, -0.2) is 74.5 Å². The van der Waals surface area contributed by atoms with E-state index in [0.29, 0.717) is 18.7 Å². The van der Waals surface area contributed by atoms with E-state index >= 15 is 0 Å². The maximum absolute atomic E-state index is 12.4. The lowest BCUT2D eigenvalue weighted by molar-refractivity contribution is -0.0460. The number of rotatable bonds is 7. The zero-order valence-electron chi connectivity index (χ0n) is 17.8. The quantitative estimate of drug-likeness (QED) is 0.490. The Morgan fingerprint density at radius 1 is 1.20 bits per heavy atom. The van der Waals surface area contributed by atoms with E-state index in [0.717, 1.165) is 37.2 Å². The molecule has 1 atom stereocenters. The first-order chi connectivity index (χ1) is 14.5. The number of hydrogen-bond donors (Lipinski definition) is 0. The first-order valence-corrected chi connectivity index (χ1v) is 10.3. The standard InChI is InChI=1S/C21H30N2O7/c1-4-23(15(2)11-16-5-6-18-19(12-16)27-13-26-18)20(24)28-14-29-21(25)30-17-7-9-22(3)10-8-17/h5-6,12,15,17H,4,7-11,13-14H2,1-3H3. The van der Waals surface area contributed by atoms with Gasteiger partial charge in [-0.25, -0.2) is 9.59 Å². The van der Waals surface area contributed by atoms with E-state index in [-0.39, 0.29) is 18.9 Å². The molecular weight excluding hydrogens is 392 g/mol. The summed E-state index contributed by atoms with van der Waals surface area (Å²) in [7, 11) is 2.03. The third-order valence-electron chi connectivity index (χ3n) is 5.36. The highest BCUT2D eigenvalue weighted by Gasteiger charge is 2.24. The van der Waals surface area contributed by atoms with Crippen LogP contribution in [0.4, 0.5) is 9.59 Å². The normalized spacial score (nSPS) is 17.3. The van der Waals surface area contributed by atoms with E-state index in [4.69, 9.17) is 23.7 Å². The summed E-state index contributed by atoms with van der Waals surface area (Å²) < 4.78 is 26.0. The van der Waals surface area contributed by atoms with E-state index < -0.39 is 19.0 Å². The maximum Gasteiger partial charge on any atom is 0.511 e. The highest BCUT2D eigenvalue weighted by Crippen LogP contribution is 2.33. The van der Waals surface area contributed by atoms with Crippen LogP contribution in [-0.2, 0) is 20.6 Å². The molecule has 3 rings (SSSR count). The van der Waals surface area contributed by atoms with Crippen LogP contribution in [0.3, 0.4) is 0 Å². The van der Waals surface area contributed by atoms with E-state index in [9.17, 15) is 9.59 Å². The van der Waals surface area contributed by atoms with Crippen molar-refractivity contribution in [2.24, 2.45) is 0 Å². The summed E-state index contributed by atoms with van der Waals surface area (Å²) in [5, 5.41) is 0. The second-order valence-corrected chi connectivity index (χ2v) is 7.57. The molecule has 166 valence electrons. The molecule has 0 bridgehead atoms. The number of hydrogen-bond acceptors (Lipinski definition) is 8. The number of ether oxygens (including phenoxy) is 5. The molecule has 1 aromatic carbocycles. The van der Waals surface area contributed by atoms with Crippen molar-refractivity contribution in [3.63, 3.8) is 0 Å². The van der Waals surface area contributed by atoms with Gasteiger partial charge in [0.1, 0.15) is 6.10 Å². The van der Waals surface area contributed by atoms with Gasteiger partial charge in [-0.15, -0.1) is 0 Å². The number of benzene rings is 1. The van der Waals surface area contributed by atoms with Gasteiger partial charge in [-0.1, -0.05) is 6.07 Å². The minimum Gasteiger partial charge on any atom is -0.454 e. The minimum absolute atomic E-state index is 0.117. The van der Waals surface area contributed by atoms with Crippen molar-refractivity contribution < 1.29 is 33.3 Å². The zero-order chi connectivity index (χ0) is 21.5. The van der Waals surface area contributed by atoms with Crippen molar-refractivity contribution >= 4 is 12.2 Å². The lowest BCUT2D eigenvalue weighted by Gasteiger charge is -2.28. The second kappa shape index (κ2) is 10.4. The van der Waals surface area contributed by atoms with Crippen LogP contribution < -0.4 is 9.47 Å². The van der Waals surface area contributed by atoms with Crippen molar-refractivity contribution in [3.05, 3.63) is 23.8 Å². The molecule has 0 N–H and O–H groups in total. The van der Waals surface area contributed by atoms with Crippen LogP contribution in [0.5, 0.6) is 11.5 Å². The third-order valence-corrected chi connectivity index (χ3v) is 5.36. The summed E-state index contributed by atoms with van der Waals surface area (Å²) in [5.41, 5.74) is 1.02. The number of likely N-dealkylation sites (tertiary alicyclic amines) is 1.